The number of non-ortho nitro benzene ring substituents is 1. The molecule has 0 radical (unpaired) electrons. The number of nitro groups is 1. The summed E-state index contributed by atoms with van der Waals surface area (Å²) >= 11 is 4.56. The molecule has 10 heteroatoms. The van der Waals surface area contributed by atoms with Gasteiger partial charge in [-0.2, -0.15) is 0 Å². The molecule has 0 saturated heterocycles. The molecule has 30 heavy (non-hydrogen) atoms. The molecule has 1 N–H and O–H groups in total. The van der Waals surface area contributed by atoms with Gasteiger partial charge in [-0.3, -0.25) is 14.9 Å². The van der Waals surface area contributed by atoms with Gasteiger partial charge in [-0.1, -0.05) is 42.4 Å². The van der Waals surface area contributed by atoms with Crippen LogP contribution in [0.2, 0.25) is 0 Å². The lowest BCUT2D eigenvalue weighted by atomic mass is 10.1. The van der Waals surface area contributed by atoms with E-state index in [0.29, 0.717) is 15.3 Å². The fraction of sp³-hybridized carbons (Fsp3) is 0.250. The first-order valence-corrected chi connectivity index (χ1v) is 11.0. The lowest BCUT2D eigenvalue weighted by molar-refractivity contribution is -0.384. The molecule has 0 fully saturated rings. The summed E-state index contributed by atoms with van der Waals surface area (Å²) in [5, 5.41) is 22.9. The summed E-state index contributed by atoms with van der Waals surface area (Å²) in [5.41, 5.74) is 2.55. The van der Waals surface area contributed by atoms with Crippen LogP contribution < -0.4 is 5.32 Å². The molecule has 0 saturated carbocycles. The second-order valence-electron chi connectivity index (χ2n) is 6.59. The first kappa shape index (κ1) is 22.0. The summed E-state index contributed by atoms with van der Waals surface area (Å²) < 4.78 is 2.47. The van der Waals surface area contributed by atoms with Crippen LogP contribution in [0, 0.1) is 17.0 Å². The van der Waals surface area contributed by atoms with E-state index in [0.717, 1.165) is 29.9 Å². The summed E-state index contributed by atoms with van der Waals surface area (Å²) in [6.07, 6.45) is 0.909. The Balaban J connectivity index is 1.71. The maximum atomic E-state index is 12.4. The van der Waals surface area contributed by atoms with Crippen molar-refractivity contribution in [3.8, 4) is 11.4 Å². The third kappa shape index (κ3) is 5.25. The Morgan fingerprint density at radius 1 is 1.27 bits per heavy atom. The number of amides is 1. The highest BCUT2D eigenvalue weighted by atomic mass is 79.9. The number of carbonyl (C=O) groups is 1. The number of nitrogens with one attached hydrogen (secondary N) is 1. The molecule has 1 amide bonds. The highest BCUT2D eigenvalue weighted by molar-refractivity contribution is 9.10. The van der Waals surface area contributed by atoms with Gasteiger partial charge in [0.05, 0.1) is 16.4 Å². The summed E-state index contributed by atoms with van der Waals surface area (Å²) in [4.78, 5) is 22.7. The van der Waals surface area contributed by atoms with Crippen LogP contribution in [-0.4, -0.2) is 31.3 Å². The van der Waals surface area contributed by atoms with E-state index >= 15 is 0 Å². The first-order valence-electron chi connectivity index (χ1n) is 9.26. The smallest absolute Gasteiger partial charge is 0.270 e. The third-order valence-corrected chi connectivity index (χ3v) is 5.83. The molecule has 2 aromatic carbocycles. The van der Waals surface area contributed by atoms with Gasteiger partial charge in [-0.05, 0) is 41.4 Å². The monoisotopic (exact) mass is 489 g/mol. The minimum absolute atomic E-state index is 0.0504. The number of rotatable bonds is 8. The maximum Gasteiger partial charge on any atom is 0.270 e. The van der Waals surface area contributed by atoms with Crippen molar-refractivity contribution in [2.75, 3.05) is 11.1 Å². The zero-order valence-corrected chi connectivity index (χ0v) is 18.9. The largest absolute Gasteiger partial charge is 0.324 e. The topological polar surface area (TPSA) is 103 Å². The van der Waals surface area contributed by atoms with Crippen LogP contribution in [0.4, 0.5) is 11.4 Å². The van der Waals surface area contributed by atoms with Gasteiger partial charge in [-0.15, -0.1) is 10.2 Å². The molecule has 1 aromatic heterocycles. The number of hydrogen-bond acceptors (Lipinski definition) is 6. The predicted octanol–water partition coefficient (Wildman–Crippen LogP) is 5.07. The van der Waals surface area contributed by atoms with E-state index in [9.17, 15) is 14.9 Å². The minimum atomic E-state index is -0.488. The molecule has 0 bridgehead atoms. The molecular weight excluding hydrogens is 470 g/mol. The Bertz CT molecular complexity index is 1090. The van der Waals surface area contributed by atoms with Crippen LogP contribution >= 0.6 is 27.7 Å². The SMILES string of the molecule is CCCn1c(SCC(=O)Nc2ccc([N+](=O)[O-])cc2Br)nnc1-c1cccc(C)c1. The van der Waals surface area contributed by atoms with Crippen LogP contribution in [0.3, 0.4) is 0 Å². The van der Waals surface area contributed by atoms with Crippen molar-refractivity contribution in [1.82, 2.24) is 14.8 Å². The zero-order valence-electron chi connectivity index (χ0n) is 16.5. The van der Waals surface area contributed by atoms with E-state index in [2.05, 4.69) is 44.4 Å². The van der Waals surface area contributed by atoms with E-state index in [-0.39, 0.29) is 17.3 Å². The number of aryl methyl sites for hydroxylation is 1. The van der Waals surface area contributed by atoms with Gasteiger partial charge in [0.15, 0.2) is 11.0 Å². The second kappa shape index (κ2) is 9.86. The summed E-state index contributed by atoms with van der Waals surface area (Å²) in [5.74, 6) is 0.679. The maximum absolute atomic E-state index is 12.4. The third-order valence-electron chi connectivity index (χ3n) is 4.21. The number of halogens is 1. The van der Waals surface area contributed by atoms with Gasteiger partial charge < -0.3 is 9.88 Å². The lowest BCUT2D eigenvalue weighted by Crippen LogP contribution is -2.15. The van der Waals surface area contributed by atoms with Gasteiger partial charge in [0.25, 0.3) is 5.69 Å². The van der Waals surface area contributed by atoms with E-state index in [4.69, 9.17) is 0 Å². The van der Waals surface area contributed by atoms with Crippen molar-refractivity contribution in [1.29, 1.82) is 0 Å². The first-order chi connectivity index (χ1) is 14.4. The van der Waals surface area contributed by atoms with Gasteiger partial charge in [-0.25, -0.2) is 0 Å². The number of benzene rings is 2. The zero-order chi connectivity index (χ0) is 21.7. The Morgan fingerprint density at radius 2 is 2.07 bits per heavy atom. The molecule has 0 aliphatic rings. The molecule has 156 valence electrons. The predicted molar refractivity (Wildman–Crippen MR) is 121 cm³/mol. The van der Waals surface area contributed by atoms with Crippen LogP contribution in [0.1, 0.15) is 18.9 Å². The van der Waals surface area contributed by atoms with Crippen molar-refractivity contribution in [3.63, 3.8) is 0 Å². The fourth-order valence-electron chi connectivity index (χ4n) is 2.85. The van der Waals surface area contributed by atoms with Crippen LogP contribution in [0.25, 0.3) is 11.4 Å². The number of thioether (sulfide) groups is 1. The van der Waals surface area contributed by atoms with Crippen molar-refractivity contribution in [3.05, 3.63) is 62.6 Å². The molecule has 8 nitrogen and oxygen atoms in total. The van der Waals surface area contributed by atoms with Crippen molar-refractivity contribution >= 4 is 45.0 Å². The molecule has 3 aromatic rings. The number of nitro benzene ring substituents is 1. The highest BCUT2D eigenvalue weighted by Gasteiger charge is 2.16. The number of aromatic nitrogens is 3. The number of hydrogen-bond donors (Lipinski definition) is 1. The average molecular weight is 490 g/mol. The quantitative estimate of drug-likeness (QED) is 0.269. The van der Waals surface area contributed by atoms with Crippen molar-refractivity contribution in [2.24, 2.45) is 0 Å². The van der Waals surface area contributed by atoms with Crippen LogP contribution in [0.5, 0.6) is 0 Å². The Kier molecular flexibility index (Phi) is 7.22. The van der Waals surface area contributed by atoms with Gasteiger partial charge in [0.2, 0.25) is 5.91 Å². The molecule has 0 spiro atoms. The lowest BCUT2D eigenvalue weighted by Gasteiger charge is -2.10. The summed E-state index contributed by atoms with van der Waals surface area (Å²) in [6.45, 7) is 4.85. The fourth-order valence-corrected chi connectivity index (χ4v) is 4.08. The Hall–Kier alpha value is -2.72. The number of nitrogens with zero attached hydrogens (tertiary/aromatic N) is 4. The molecular formula is C20H20BrN5O3S. The summed E-state index contributed by atoms with van der Waals surface area (Å²) in [6, 6.07) is 12.3. The summed E-state index contributed by atoms with van der Waals surface area (Å²) in [7, 11) is 0. The van der Waals surface area contributed by atoms with Gasteiger partial charge in [0.1, 0.15) is 0 Å². The number of anilines is 1. The Labute approximate surface area is 186 Å². The molecule has 0 unspecified atom stereocenters. The van der Waals surface area contributed by atoms with Crippen molar-refractivity contribution < 1.29 is 9.72 Å². The van der Waals surface area contributed by atoms with Crippen LogP contribution in [0.15, 0.2) is 52.1 Å². The van der Waals surface area contributed by atoms with Crippen LogP contribution in [-0.2, 0) is 11.3 Å². The standard InChI is InChI=1S/C20H20BrN5O3S/c1-3-9-25-19(14-6-4-5-13(2)10-14)23-24-20(25)30-12-18(27)22-17-8-7-15(26(28)29)11-16(17)21/h4-8,10-11H,3,9,12H2,1-2H3,(H,22,27). The Morgan fingerprint density at radius 3 is 2.73 bits per heavy atom. The molecule has 0 atom stereocenters. The normalized spacial score (nSPS) is 10.8. The molecule has 0 aliphatic heterocycles. The van der Waals surface area contributed by atoms with E-state index < -0.39 is 4.92 Å². The molecule has 3 rings (SSSR count). The molecule has 1 heterocycles. The van der Waals surface area contributed by atoms with E-state index in [1.54, 1.807) is 0 Å². The molecule has 0 aliphatic carbocycles. The van der Waals surface area contributed by atoms with Gasteiger partial charge >= 0.3 is 0 Å². The van der Waals surface area contributed by atoms with Gasteiger partial charge in [0, 0.05) is 28.7 Å². The second-order valence-corrected chi connectivity index (χ2v) is 8.38. The average Bonchev–Trinajstić information content (AvgIpc) is 3.11. The van der Waals surface area contributed by atoms with E-state index in [1.807, 2.05) is 29.7 Å². The number of carbonyl (C=O) groups excluding carboxylic acids is 1. The van der Waals surface area contributed by atoms with Crippen molar-refractivity contribution in [2.45, 2.75) is 32.0 Å². The van der Waals surface area contributed by atoms with E-state index in [1.165, 1.54) is 30.0 Å². The highest BCUT2D eigenvalue weighted by Crippen LogP contribution is 2.28. The minimum Gasteiger partial charge on any atom is -0.324 e.